The van der Waals surface area contributed by atoms with Gasteiger partial charge in [0.15, 0.2) is 5.72 Å². The van der Waals surface area contributed by atoms with E-state index in [0.717, 1.165) is 23.9 Å². The van der Waals surface area contributed by atoms with Crippen molar-refractivity contribution in [3.8, 4) is 0 Å². The van der Waals surface area contributed by atoms with Gasteiger partial charge in [-0.05, 0) is 18.6 Å². The Labute approximate surface area is 145 Å². The molecule has 0 aliphatic carbocycles. The average molecular weight is 339 g/mol. The number of hydrogen-bond acceptors (Lipinski definition) is 3. The number of aryl methyl sites for hydroxylation is 1. The number of likely N-dealkylation sites (tertiary alicyclic amines) is 1. The summed E-state index contributed by atoms with van der Waals surface area (Å²) < 4.78 is 8.04. The Hall–Kier alpha value is -2.34. The van der Waals surface area contributed by atoms with Gasteiger partial charge in [-0.1, -0.05) is 18.2 Å². The lowest BCUT2D eigenvalue weighted by molar-refractivity contribution is -0.179. The monoisotopic (exact) mass is 339 g/mol. The highest BCUT2D eigenvalue weighted by molar-refractivity contribution is 5.99. The minimum atomic E-state index is -0.588. The maximum atomic E-state index is 13.3. The van der Waals surface area contributed by atoms with E-state index in [9.17, 15) is 9.59 Å². The molecule has 3 aliphatic heterocycles. The van der Waals surface area contributed by atoms with E-state index < -0.39 is 5.72 Å². The molecular formula is C19H21N3O3. The van der Waals surface area contributed by atoms with Gasteiger partial charge in [-0.3, -0.25) is 9.59 Å². The van der Waals surface area contributed by atoms with Gasteiger partial charge in [-0.25, -0.2) is 0 Å². The first-order chi connectivity index (χ1) is 12.1. The van der Waals surface area contributed by atoms with Crippen LogP contribution in [-0.2, 0) is 16.6 Å². The van der Waals surface area contributed by atoms with Crippen molar-refractivity contribution in [2.45, 2.75) is 31.0 Å². The molecule has 2 aromatic rings. The van der Waals surface area contributed by atoms with E-state index >= 15 is 0 Å². The molecule has 2 atom stereocenters. The third-order valence-corrected chi connectivity index (χ3v) is 6.04. The third kappa shape index (κ3) is 1.88. The molecule has 2 amide bonds. The highest BCUT2D eigenvalue weighted by Gasteiger charge is 2.61. The minimum Gasteiger partial charge on any atom is -0.353 e. The largest absolute Gasteiger partial charge is 0.353 e. The molecule has 5 rings (SSSR count). The standard InChI is InChI=1S/C19H21N3O3/c1-20-14-6-3-2-5-13(14)11-15(20)18(24)21-9-7-19-16(21)12-17(23)22(19)8-4-10-25-19/h2-3,5-6,11,16H,4,7-10,12H2,1H3/t16-,19+/m1/s1. The number of carbonyl (C=O) groups excluding carboxylic acids is 2. The maximum absolute atomic E-state index is 13.3. The molecular weight excluding hydrogens is 318 g/mol. The Morgan fingerprint density at radius 3 is 2.96 bits per heavy atom. The van der Waals surface area contributed by atoms with Crippen LogP contribution in [0, 0.1) is 0 Å². The molecule has 0 saturated carbocycles. The van der Waals surface area contributed by atoms with E-state index in [4.69, 9.17) is 4.74 Å². The number of rotatable bonds is 1. The summed E-state index contributed by atoms with van der Waals surface area (Å²) in [5, 5.41) is 1.06. The Kier molecular flexibility index (Phi) is 3.04. The van der Waals surface area contributed by atoms with Gasteiger partial charge in [0.1, 0.15) is 5.69 Å². The molecule has 3 fully saturated rings. The summed E-state index contributed by atoms with van der Waals surface area (Å²) in [6.07, 6.45) is 1.95. The second kappa shape index (κ2) is 5.08. The lowest BCUT2D eigenvalue weighted by atomic mass is 10.0. The minimum absolute atomic E-state index is 0.00982. The first-order valence-corrected chi connectivity index (χ1v) is 8.92. The molecule has 0 N–H and O–H groups in total. The molecule has 0 bridgehead atoms. The summed E-state index contributed by atoms with van der Waals surface area (Å²) in [7, 11) is 1.92. The summed E-state index contributed by atoms with van der Waals surface area (Å²) in [5.74, 6) is 0.101. The van der Waals surface area contributed by atoms with E-state index in [-0.39, 0.29) is 17.9 Å². The van der Waals surface area contributed by atoms with Crippen LogP contribution >= 0.6 is 0 Å². The van der Waals surface area contributed by atoms with Crippen molar-refractivity contribution in [3.63, 3.8) is 0 Å². The summed E-state index contributed by atoms with van der Waals surface area (Å²) in [6.45, 7) is 2.04. The Morgan fingerprint density at radius 2 is 2.12 bits per heavy atom. The van der Waals surface area contributed by atoms with E-state index in [2.05, 4.69) is 0 Å². The topological polar surface area (TPSA) is 54.8 Å². The molecule has 0 radical (unpaired) electrons. The smallest absolute Gasteiger partial charge is 0.270 e. The van der Waals surface area contributed by atoms with E-state index in [1.165, 1.54) is 0 Å². The van der Waals surface area contributed by atoms with E-state index in [1.807, 2.05) is 51.7 Å². The van der Waals surface area contributed by atoms with Crippen LogP contribution in [0.3, 0.4) is 0 Å². The maximum Gasteiger partial charge on any atom is 0.270 e. The van der Waals surface area contributed by atoms with Crippen LogP contribution in [-0.4, -0.2) is 57.6 Å². The van der Waals surface area contributed by atoms with Gasteiger partial charge in [-0.2, -0.15) is 0 Å². The van der Waals surface area contributed by atoms with Crippen LogP contribution in [0.15, 0.2) is 30.3 Å². The number of hydrogen-bond donors (Lipinski definition) is 0. The van der Waals surface area contributed by atoms with Gasteiger partial charge < -0.3 is 19.1 Å². The molecule has 0 unspecified atom stereocenters. The fourth-order valence-electron chi connectivity index (χ4n) is 4.83. The zero-order valence-corrected chi connectivity index (χ0v) is 14.3. The van der Waals surface area contributed by atoms with Crippen LogP contribution in [0.1, 0.15) is 29.8 Å². The number of ether oxygens (including phenoxy) is 1. The third-order valence-electron chi connectivity index (χ3n) is 6.04. The van der Waals surface area contributed by atoms with Crippen LogP contribution in [0.2, 0.25) is 0 Å². The lowest BCUT2D eigenvalue weighted by Crippen LogP contribution is -2.56. The molecule has 4 heterocycles. The zero-order chi connectivity index (χ0) is 17.2. The quantitative estimate of drug-likeness (QED) is 0.795. The molecule has 1 aromatic carbocycles. The lowest BCUT2D eigenvalue weighted by Gasteiger charge is -2.42. The first kappa shape index (κ1) is 15.0. The molecule has 6 nitrogen and oxygen atoms in total. The van der Waals surface area contributed by atoms with Crippen LogP contribution in [0.25, 0.3) is 10.9 Å². The van der Waals surface area contributed by atoms with Crippen molar-refractivity contribution in [1.82, 2.24) is 14.4 Å². The number of nitrogens with zero attached hydrogens (tertiary/aromatic N) is 3. The summed E-state index contributed by atoms with van der Waals surface area (Å²) in [4.78, 5) is 29.4. The van der Waals surface area contributed by atoms with Crippen LogP contribution in [0.4, 0.5) is 0 Å². The predicted molar refractivity (Wildman–Crippen MR) is 92.0 cm³/mol. The van der Waals surface area contributed by atoms with Crippen molar-refractivity contribution in [2.24, 2.45) is 7.05 Å². The molecule has 130 valence electrons. The highest BCUT2D eigenvalue weighted by Crippen LogP contribution is 2.45. The average Bonchev–Trinajstić information content (AvgIpc) is 3.23. The fourth-order valence-corrected chi connectivity index (χ4v) is 4.83. The Morgan fingerprint density at radius 1 is 1.28 bits per heavy atom. The second-order valence-electron chi connectivity index (χ2n) is 7.21. The van der Waals surface area contributed by atoms with Gasteiger partial charge in [0, 0.05) is 37.5 Å². The van der Waals surface area contributed by atoms with Gasteiger partial charge >= 0.3 is 0 Å². The van der Waals surface area contributed by atoms with Crippen molar-refractivity contribution in [3.05, 3.63) is 36.0 Å². The zero-order valence-electron chi connectivity index (χ0n) is 14.3. The van der Waals surface area contributed by atoms with Gasteiger partial charge in [0.2, 0.25) is 5.91 Å². The predicted octanol–water partition coefficient (Wildman–Crippen LogP) is 1.74. The molecule has 3 aliphatic rings. The number of carbonyl (C=O) groups is 2. The van der Waals surface area contributed by atoms with Crippen molar-refractivity contribution >= 4 is 22.7 Å². The Bertz CT molecular complexity index is 889. The second-order valence-corrected chi connectivity index (χ2v) is 7.21. The fraction of sp³-hybridized carbons (Fsp3) is 0.474. The number of fused-ring (bicyclic) bond motifs is 1. The number of benzene rings is 1. The number of para-hydroxylation sites is 1. The van der Waals surface area contributed by atoms with Gasteiger partial charge in [-0.15, -0.1) is 0 Å². The summed E-state index contributed by atoms with van der Waals surface area (Å²) >= 11 is 0. The van der Waals surface area contributed by atoms with Gasteiger partial charge in [0.25, 0.3) is 5.91 Å². The van der Waals surface area contributed by atoms with E-state index in [0.29, 0.717) is 31.7 Å². The van der Waals surface area contributed by atoms with Crippen molar-refractivity contribution in [2.75, 3.05) is 19.7 Å². The molecule has 6 heteroatoms. The highest BCUT2D eigenvalue weighted by atomic mass is 16.5. The van der Waals surface area contributed by atoms with Crippen LogP contribution in [0.5, 0.6) is 0 Å². The van der Waals surface area contributed by atoms with Gasteiger partial charge in [0.05, 0.1) is 19.1 Å². The normalized spacial score (nSPS) is 28.5. The van der Waals surface area contributed by atoms with E-state index in [1.54, 1.807) is 0 Å². The van der Waals surface area contributed by atoms with Crippen molar-refractivity contribution < 1.29 is 14.3 Å². The SMILES string of the molecule is Cn1c(C(=O)N2CC[C@@]34OCCCN3C(=O)C[C@@H]24)cc2ccccc21. The van der Waals surface area contributed by atoms with Crippen LogP contribution < -0.4 is 0 Å². The summed E-state index contributed by atoms with van der Waals surface area (Å²) in [5.41, 5.74) is 1.12. The molecule has 25 heavy (non-hydrogen) atoms. The molecule has 1 spiro atoms. The molecule has 1 aromatic heterocycles. The van der Waals surface area contributed by atoms with Crippen molar-refractivity contribution in [1.29, 1.82) is 0 Å². The number of amides is 2. The Balaban J connectivity index is 1.52. The number of aromatic nitrogens is 1. The molecule has 3 saturated heterocycles. The first-order valence-electron chi connectivity index (χ1n) is 8.92. The summed E-state index contributed by atoms with van der Waals surface area (Å²) in [6, 6.07) is 9.76.